The van der Waals surface area contributed by atoms with Gasteiger partial charge in [-0.3, -0.25) is 14.5 Å². The van der Waals surface area contributed by atoms with E-state index in [4.69, 9.17) is 0 Å². The normalized spacial score (nSPS) is 17.9. The topological polar surface area (TPSA) is 61.2 Å². The molecular weight excluding hydrogens is 378 g/mol. The van der Waals surface area contributed by atoms with Gasteiger partial charge in [-0.25, -0.2) is 5.01 Å². The number of carbonyl (C=O) groups is 2. The lowest BCUT2D eigenvalue weighted by Crippen LogP contribution is -2.52. The molecule has 3 heterocycles. The average Bonchev–Trinajstić information content (AvgIpc) is 3.10. The van der Waals surface area contributed by atoms with Gasteiger partial charge in [-0.2, -0.15) is 5.10 Å². The van der Waals surface area contributed by atoms with Crippen LogP contribution >= 0.6 is 0 Å². The van der Waals surface area contributed by atoms with Crippen LogP contribution in [0.1, 0.15) is 24.2 Å². The van der Waals surface area contributed by atoms with Crippen LogP contribution < -0.4 is 5.01 Å². The molecule has 1 aromatic heterocycles. The monoisotopic (exact) mass is 407 g/mol. The molecule has 0 atom stereocenters. The molecule has 7 nitrogen and oxygen atoms in total. The van der Waals surface area contributed by atoms with E-state index >= 15 is 0 Å². The van der Waals surface area contributed by atoms with Gasteiger partial charge >= 0.3 is 0 Å². The summed E-state index contributed by atoms with van der Waals surface area (Å²) in [4.78, 5) is 29.6. The number of nitrogens with zero attached hydrogens (tertiary/aromatic N) is 5. The number of anilines is 1. The van der Waals surface area contributed by atoms with Crippen LogP contribution in [0.15, 0.2) is 47.6 Å². The molecule has 1 saturated heterocycles. The summed E-state index contributed by atoms with van der Waals surface area (Å²) in [5.74, 6) is -0.113. The van der Waals surface area contributed by atoms with Crippen LogP contribution in [0, 0.1) is 13.8 Å². The van der Waals surface area contributed by atoms with Crippen molar-refractivity contribution in [3.63, 3.8) is 0 Å². The van der Waals surface area contributed by atoms with E-state index in [-0.39, 0.29) is 11.8 Å². The van der Waals surface area contributed by atoms with Crippen molar-refractivity contribution in [3.05, 3.63) is 53.9 Å². The third kappa shape index (κ3) is 4.31. The number of carbonyl (C=O) groups excluding carboxylic acids is 2. The molecule has 0 bridgehead atoms. The number of aromatic nitrogens is 1. The minimum Gasteiger partial charge on any atom is -0.348 e. The van der Waals surface area contributed by atoms with Gasteiger partial charge in [-0.15, -0.1) is 0 Å². The first-order valence-corrected chi connectivity index (χ1v) is 10.6. The number of aryl methyl sites for hydroxylation is 2. The predicted octanol–water partition coefficient (Wildman–Crippen LogP) is 2.43. The summed E-state index contributed by atoms with van der Waals surface area (Å²) in [6, 6.07) is 13.6. The third-order valence-corrected chi connectivity index (χ3v) is 6.00. The van der Waals surface area contributed by atoms with Gasteiger partial charge in [-0.1, -0.05) is 18.2 Å². The average molecular weight is 408 g/mol. The molecular formula is C23H29N5O2. The van der Waals surface area contributed by atoms with E-state index in [0.717, 1.165) is 26.2 Å². The van der Waals surface area contributed by atoms with Crippen molar-refractivity contribution in [2.24, 2.45) is 5.10 Å². The van der Waals surface area contributed by atoms with E-state index < -0.39 is 0 Å². The van der Waals surface area contributed by atoms with Gasteiger partial charge < -0.3 is 9.47 Å². The van der Waals surface area contributed by atoms with Crippen LogP contribution in [0.3, 0.4) is 0 Å². The second-order valence-corrected chi connectivity index (χ2v) is 7.99. The van der Waals surface area contributed by atoms with E-state index in [2.05, 4.69) is 40.5 Å². The highest BCUT2D eigenvalue weighted by Crippen LogP contribution is 2.20. The Balaban J connectivity index is 1.34. The Kier molecular flexibility index (Phi) is 5.99. The Morgan fingerprint density at radius 1 is 0.900 bits per heavy atom. The highest BCUT2D eigenvalue weighted by Gasteiger charge is 2.30. The molecule has 2 amide bonds. The summed E-state index contributed by atoms with van der Waals surface area (Å²) in [7, 11) is 0. The van der Waals surface area contributed by atoms with Gasteiger partial charge in [0.15, 0.2) is 0 Å². The SMILES string of the molecule is Cc1ccc(C)n1CCN1CCN(C(=O)C2=NN(c3ccccc3)C(=O)CC2)CC1. The molecule has 2 aliphatic rings. The highest BCUT2D eigenvalue weighted by molar-refractivity contribution is 6.40. The smallest absolute Gasteiger partial charge is 0.270 e. The second-order valence-electron chi connectivity index (χ2n) is 7.99. The Labute approximate surface area is 177 Å². The first-order chi connectivity index (χ1) is 14.5. The molecule has 1 aromatic carbocycles. The zero-order valence-corrected chi connectivity index (χ0v) is 17.8. The quantitative estimate of drug-likeness (QED) is 0.765. The van der Waals surface area contributed by atoms with Crippen LogP contribution in [0.4, 0.5) is 5.69 Å². The number of hydrazone groups is 1. The maximum Gasteiger partial charge on any atom is 0.270 e. The van der Waals surface area contributed by atoms with Crippen molar-refractivity contribution in [3.8, 4) is 0 Å². The van der Waals surface area contributed by atoms with Gasteiger partial charge in [0.1, 0.15) is 5.71 Å². The summed E-state index contributed by atoms with van der Waals surface area (Å²) < 4.78 is 2.34. The van der Waals surface area contributed by atoms with Gasteiger partial charge in [0.2, 0.25) is 5.91 Å². The molecule has 0 radical (unpaired) electrons. The lowest BCUT2D eigenvalue weighted by atomic mass is 10.1. The fourth-order valence-electron chi connectivity index (χ4n) is 4.13. The highest BCUT2D eigenvalue weighted by atomic mass is 16.2. The molecule has 2 aromatic rings. The first kappa shape index (κ1) is 20.3. The number of rotatable bonds is 5. The van der Waals surface area contributed by atoms with E-state index in [1.165, 1.54) is 16.4 Å². The van der Waals surface area contributed by atoms with Crippen LogP contribution in [0.5, 0.6) is 0 Å². The van der Waals surface area contributed by atoms with E-state index in [9.17, 15) is 9.59 Å². The van der Waals surface area contributed by atoms with Crippen LogP contribution in [-0.2, 0) is 16.1 Å². The maximum absolute atomic E-state index is 13.0. The Morgan fingerprint density at radius 2 is 1.57 bits per heavy atom. The van der Waals surface area contributed by atoms with Gasteiger partial charge in [0.05, 0.1) is 5.69 Å². The molecule has 4 rings (SSSR count). The first-order valence-electron chi connectivity index (χ1n) is 10.6. The number of piperazine rings is 1. The zero-order chi connectivity index (χ0) is 21.1. The van der Waals surface area contributed by atoms with Crippen molar-refractivity contribution in [1.82, 2.24) is 14.4 Å². The lowest BCUT2D eigenvalue weighted by Gasteiger charge is -2.35. The predicted molar refractivity (Wildman–Crippen MR) is 118 cm³/mol. The molecule has 0 N–H and O–H groups in total. The molecule has 0 spiro atoms. The van der Waals surface area contributed by atoms with Crippen LogP contribution in [-0.4, -0.2) is 64.6 Å². The molecule has 7 heteroatoms. The summed E-state index contributed by atoms with van der Waals surface area (Å²) in [5, 5.41) is 5.78. The number of hydrogen-bond acceptors (Lipinski definition) is 4. The van der Waals surface area contributed by atoms with E-state index in [0.29, 0.717) is 37.3 Å². The summed E-state index contributed by atoms with van der Waals surface area (Å²) >= 11 is 0. The molecule has 0 saturated carbocycles. The zero-order valence-electron chi connectivity index (χ0n) is 17.8. The van der Waals surface area contributed by atoms with Crippen molar-refractivity contribution >= 4 is 23.2 Å². The minimum absolute atomic E-state index is 0.0415. The molecule has 0 aliphatic carbocycles. The van der Waals surface area contributed by atoms with Crippen molar-refractivity contribution in [2.45, 2.75) is 33.2 Å². The van der Waals surface area contributed by atoms with Crippen molar-refractivity contribution in [2.75, 3.05) is 37.7 Å². The Morgan fingerprint density at radius 3 is 2.23 bits per heavy atom. The standard InChI is InChI=1S/C23H29N5O2/c1-18-8-9-19(2)27(18)17-14-25-12-15-26(16-13-25)23(30)21-10-11-22(29)28(24-21)20-6-4-3-5-7-20/h3-9H,10-17H2,1-2H3. The summed E-state index contributed by atoms with van der Waals surface area (Å²) in [6.45, 7) is 9.34. The summed E-state index contributed by atoms with van der Waals surface area (Å²) in [6.07, 6.45) is 0.725. The van der Waals surface area contributed by atoms with Crippen LogP contribution in [0.25, 0.3) is 0 Å². The van der Waals surface area contributed by atoms with Gasteiger partial charge in [0.25, 0.3) is 5.91 Å². The summed E-state index contributed by atoms with van der Waals surface area (Å²) in [5.41, 5.74) is 3.75. The Bertz CT molecular complexity index is 922. The number of hydrogen-bond donors (Lipinski definition) is 0. The van der Waals surface area contributed by atoms with Gasteiger partial charge in [0, 0.05) is 63.5 Å². The fourth-order valence-corrected chi connectivity index (χ4v) is 4.13. The molecule has 2 aliphatic heterocycles. The van der Waals surface area contributed by atoms with Crippen molar-refractivity contribution < 1.29 is 9.59 Å². The number of amides is 2. The van der Waals surface area contributed by atoms with Gasteiger partial charge in [-0.05, 0) is 38.1 Å². The number of para-hydroxylation sites is 1. The maximum atomic E-state index is 13.0. The van der Waals surface area contributed by atoms with E-state index in [1.807, 2.05) is 35.2 Å². The van der Waals surface area contributed by atoms with Crippen LogP contribution in [0.2, 0.25) is 0 Å². The van der Waals surface area contributed by atoms with Crippen molar-refractivity contribution in [1.29, 1.82) is 0 Å². The lowest BCUT2D eigenvalue weighted by molar-refractivity contribution is -0.126. The third-order valence-electron chi connectivity index (χ3n) is 6.00. The largest absolute Gasteiger partial charge is 0.348 e. The Hall–Kier alpha value is -2.93. The molecule has 0 unspecified atom stereocenters. The molecule has 158 valence electrons. The molecule has 1 fully saturated rings. The second kappa shape index (κ2) is 8.83. The van der Waals surface area contributed by atoms with E-state index in [1.54, 1.807) is 0 Å². The molecule has 30 heavy (non-hydrogen) atoms. The fraction of sp³-hybridized carbons (Fsp3) is 0.435. The number of benzene rings is 1. The minimum atomic E-state index is -0.0711.